The van der Waals surface area contributed by atoms with Crippen LogP contribution in [-0.2, 0) is 0 Å². The van der Waals surface area contributed by atoms with Crippen molar-refractivity contribution >= 4 is 66.5 Å². The second kappa shape index (κ2) is 10.6. The molecule has 0 bridgehead atoms. The Morgan fingerprint density at radius 3 is 2.23 bits per heavy atom. The van der Waals surface area contributed by atoms with E-state index in [2.05, 4.69) is 145 Å². The molecule has 8 rings (SSSR count). The van der Waals surface area contributed by atoms with Crippen LogP contribution >= 0.6 is 0 Å². The fourth-order valence-electron chi connectivity index (χ4n) is 6.57. The van der Waals surface area contributed by atoms with E-state index >= 15 is 0 Å². The number of nitrogens with zero attached hydrogens (tertiary/aromatic N) is 2. The van der Waals surface area contributed by atoms with Crippen molar-refractivity contribution in [1.29, 1.82) is 0 Å². The fraction of sp³-hybridized carbons (Fsp3) is 0.0488. The summed E-state index contributed by atoms with van der Waals surface area (Å²) in [4.78, 5) is 6.57. The van der Waals surface area contributed by atoms with E-state index in [1.165, 1.54) is 33.0 Å². The minimum atomic E-state index is 0.856. The number of allylic oxidation sites excluding steroid dienone is 6. The minimum absolute atomic E-state index is 0.856. The van der Waals surface area contributed by atoms with E-state index in [4.69, 9.17) is 4.42 Å². The molecule has 0 N–H and O–H groups in total. The SMILES string of the molecule is C/C=C(\C=C/C1=C(C)c2cccc3cccc1c23)c1ccc2c(c1)oc1cc(N(c3ccccc3)c3cccnc3)ccc12. The Morgan fingerprint density at radius 1 is 0.705 bits per heavy atom. The van der Waals surface area contributed by atoms with Crippen LogP contribution in [0.5, 0.6) is 0 Å². The van der Waals surface area contributed by atoms with Gasteiger partial charge in [-0.05, 0) is 107 Å². The molecule has 210 valence electrons. The predicted octanol–water partition coefficient (Wildman–Crippen LogP) is 11.5. The average Bonchev–Trinajstić information content (AvgIpc) is 3.57. The Kier molecular flexibility index (Phi) is 6.23. The van der Waals surface area contributed by atoms with Crippen LogP contribution in [-0.4, -0.2) is 4.98 Å². The fourth-order valence-corrected chi connectivity index (χ4v) is 6.57. The molecule has 7 aromatic rings. The smallest absolute Gasteiger partial charge is 0.137 e. The summed E-state index contributed by atoms with van der Waals surface area (Å²) in [6.07, 6.45) is 10.4. The van der Waals surface area contributed by atoms with E-state index < -0.39 is 0 Å². The quantitative estimate of drug-likeness (QED) is 0.188. The Morgan fingerprint density at radius 2 is 1.45 bits per heavy atom. The van der Waals surface area contributed by atoms with Gasteiger partial charge < -0.3 is 9.32 Å². The first kappa shape index (κ1) is 26.0. The molecule has 0 radical (unpaired) electrons. The van der Waals surface area contributed by atoms with Gasteiger partial charge >= 0.3 is 0 Å². The number of hydrogen-bond acceptors (Lipinski definition) is 3. The van der Waals surface area contributed by atoms with Gasteiger partial charge in [-0.15, -0.1) is 0 Å². The van der Waals surface area contributed by atoms with Crippen molar-refractivity contribution in [2.75, 3.05) is 4.90 Å². The van der Waals surface area contributed by atoms with E-state index in [-0.39, 0.29) is 0 Å². The lowest BCUT2D eigenvalue weighted by molar-refractivity contribution is 0.669. The zero-order valence-electron chi connectivity index (χ0n) is 24.7. The summed E-state index contributed by atoms with van der Waals surface area (Å²) in [6.45, 7) is 4.32. The van der Waals surface area contributed by atoms with Crippen molar-refractivity contribution in [3.63, 3.8) is 0 Å². The molecular formula is C41H30N2O. The highest BCUT2D eigenvalue weighted by Crippen LogP contribution is 2.43. The largest absolute Gasteiger partial charge is 0.456 e. The lowest BCUT2D eigenvalue weighted by Crippen LogP contribution is -2.09. The highest BCUT2D eigenvalue weighted by Gasteiger charge is 2.20. The summed E-state index contributed by atoms with van der Waals surface area (Å²) < 4.78 is 6.52. The van der Waals surface area contributed by atoms with Crippen molar-refractivity contribution in [2.24, 2.45) is 0 Å². The van der Waals surface area contributed by atoms with Gasteiger partial charge in [0.15, 0.2) is 0 Å². The van der Waals surface area contributed by atoms with E-state index in [1.807, 2.05) is 18.3 Å². The van der Waals surface area contributed by atoms with E-state index in [0.29, 0.717) is 0 Å². The maximum absolute atomic E-state index is 6.52. The summed E-state index contributed by atoms with van der Waals surface area (Å²) in [6, 6.07) is 40.5. The van der Waals surface area contributed by atoms with Crippen LogP contribution in [0.4, 0.5) is 17.1 Å². The van der Waals surface area contributed by atoms with Gasteiger partial charge in [0.2, 0.25) is 0 Å². The van der Waals surface area contributed by atoms with Crippen LogP contribution in [0.25, 0.3) is 49.4 Å². The van der Waals surface area contributed by atoms with Gasteiger partial charge in [0.1, 0.15) is 11.2 Å². The Bertz CT molecular complexity index is 2240. The van der Waals surface area contributed by atoms with Crippen molar-refractivity contribution < 1.29 is 4.42 Å². The van der Waals surface area contributed by atoms with Gasteiger partial charge in [-0.3, -0.25) is 4.98 Å². The summed E-state index contributed by atoms with van der Waals surface area (Å²) in [7, 11) is 0. The minimum Gasteiger partial charge on any atom is -0.456 e. The van der Waals surface area contributed by atoms with Crippen molar-refractivity contribution in [3.05, 3.63) is 163 Å². The summed E-state index contributed by atoms with van der Waals surface area (Å²) in [5.74, 6) is 0. The molecule has 1 aliphatic carbocycles. The van der Waals surface area contributed by atoms with Crippen molar-refractivity contribution in [1.82, 2.24) is 4.98 Å². The van der Waals surface area contributed by atoms with Crippen molar-refractivity contribution in [3.8, 4) is 0 Å². The molecule has 0 atom stereocenters. The number of fused-ring (bicyclic) bond motifs is 3. The third-order valence-electron chi connectivity index (χ3n) is 8.71. The van der Waals surface area contributed by atoms with Crippen LogP contribution in [0.15, 0.2) is 150 Å². The van der Waals surface area contributed by atoms with Crippen LogP contribution < -0.4 is 4.90 Å². The van der Waals surface area contributed by atoms with Crippen LogP contribution in [0.3, 0.4) is 0 Å². The molecule has 0 spiro atoms. The Hall–Kier alpha value is -5.67. The number of benzene rings is 5. The van der Waals surface area contributed by atoms with Gasteiger partial charge in [0.05, 0.1) is 11.9 Å². The first-order chi connectivity index (χ1) is 21.7. The number of aromatic nitrogens is 1. The summed E-state index contributed by atoms with van der Waals surface area (Å²) in [5, 5.41) is 4.86. The highest BCUT2D eigenvalue weighted by molar-refractivity contribution is 6.16. The van der Waals surface area contributed by atoms with Gasteiger partial charge in [0.25, 0.3) is 0 Å². The monoisotopic (exact) mass is 566 g/mol. The molecule has 0 saturated heterocycles. The zero-order chi connectivity index (χ0) is 29.6. The number of pyridine rings is 1. The third-order valence-corrected chi connectivity index (χ3v) is 8.71. The first-order valence-electron chi connectivity index (χ1n) is 15.0. The number of hydrogen-bond donors (Lipinski definition) is 0. The molecule has 0 amide bonds. The van der Waals surface area contributed by atoms with Crippen LogP contribution in [0, 0.1) is 0 Å². The molecule has 2 heterocycles. The highest BCUT2D eigenvalue weighted by atomic mass is 16.3. The second-order valence-electron chi connectivity index (χ2n) is 11.2. The molecule has 2 aromatic heterocycles. The molecule has 0 unspecified atom stereocenters. The molecule has 0 fully saturated rings. The molecule has 1 aliphatic rings. The lowest BCUT2D eigenvalue weighted by atomic mass is 9.99. The number of rotatable bonds is 6. The Balaban J connectivity index is 1.16. The molecule has 3 nitrogen and oxygen atoms in total. The Labute approximate surface area is 256 Å². The van der Waals surface area contributed by atoms with Crippen molar-refractivity contribution in [2.45, 2.75) is 13.8 Å². The van der Waals surface area contributed by atoms with Gasteiger partial charge in [-0.2, -0.15) is 0 Å². The van der Waals surface area contributed by atoms with Crippen LogP contribution in [0.1, 0.15) is 30.5 Å². The molecule has 0 saturated carbocycles. The molecular weight excluding hydrogens is 536 g/mol. The first-order valence-corrected chi connectivity index (χ1v) is 15.0. The van der Waals surface area contributed by atoms with Gasteiger partial charge in [-0.1, -0.05) is 78.9 Å². The topological polar surface area (TPSA) is 29.3 Å². The molecule has 3 heteroatoms. The third kappa shape index (κ3) is 4.25. The lowest BCUT2D eigenvalue weighted by Gasteiger charge is -2.24. The average molecular weight is 567 g/mol. The van der Waals surface area contributed by atoms with Crippen LogP contribution in [0.2, 0.25) is 0 Å². The molecule has 0 aliphatic heterocycles. The second-order valence-corrected chi connectivity index (χ2v) is 11.2. The maximum Gasteiger partial charge on any atom is 0.137 e. The maximum atomic E-state index is 6.52. The van der Waals surface area contributed by atoms with E-state index in [1.54, 1.807) is 6.20 Å². The molecule has 5 aromatic carbocycles. The van der Waals surface area contributed by atoms with Gasteiger partial charge in [-0.25, -0.2) is 0 Å². The number of furan rings is 1. The summed E-state index contributed by atoms with van der Waals surface area (Å²) >= 11 is 0. The number of para-hydroxylation sites is 1. The van der Waals surface area contributed by atoms with E-state index in [0.717, 1.165) is 50.1 Å². The normalized spacial score (nSPS) is 13.2. The molecule has 44 heavy (non-hydrogen) atoms. The standard InChI is InChI=1S/C41H30N2O/c1-3-28(17-20-34-27(2)35-15-7-10-29-11-8-16-38(34)41(29)35)30-18-21-36-37-22-19-32(25-40(37)44-39(36)24-30)43(31-12-5-4-6-13-31)33-14-9-23-42-26-33/h3-26H,1-2H3/b20-17-,28-3+. The number of anilines is 3. The van der Waals surface area contributed by atoms with Gasteiger partial charge in [0, 0.05) is 34.4 Å². The predicted molar refractivity (Wildman–Crippen MR) is 185 cm³/mol. The zero-order valence-corrected chi connectivity index (χ0v) is 24.7. The summed E-state index contributed by atoms with van der Waals surface area (Å²) in [5.41, 5.74) is 12.3. The van der Waals surface area contributed by atoms with E-state index in [9.17, 15) is 0 Å².